The first-order valence-corrected chi connectivity index (χ1v) is 5.69. The van der Waals surface area contributed by atoms with Gasteiger partial charge >= 0.3 is 5.97 Å². The fourth-order valence-electron chi connectivity index (χ4n) is 1.58. The lowest BCUT2D eigenvalue weighted by atomic mass is 10.1. The summed E-state index contributed by atoms with van der Waals surface area (Å²) in [6, 6.07) is 4.51. The SMILES string of the molecule is C#CCOc1ccc(C[C@H](N)C(=O)OC)c(OC)c1. The van der Waals surface area contributed by atoms with E-state index < -0.39 is 12.0 Å². The molecule has 0 amide bonds. The fourth-order valence-corrected chi connectivity index (χ4v) is 1.58. The van der Waals surface area contributed by atoms with Crippen molar-refractivity contribution < 1.29 is 19.0 Å². The molecule has 0 saturated heterocycles. The zero-order valence-corrected chi connectivity index (χ0v) is 11.0. The molecule has 2 N–H and O–H groups in total. The molecule has 0 bridgehead atoms. The lowest BCUT2D eigenvalue weighted by Crippen LogP contribution is -2.33. The van der Waals surface area contributed by atoms with Crippen LogP contribution in [0.15, 0.2) is 18.2 Å². The quantitative estimate of drug-likeness (QED) is 0.606. The van der Waals surface area contributed by atoms with Gasteiger partial charge in [0.25, 0.3) is 0 Å². The molecule has 0 aliphatic carbocycles. The highest BCUT2D eigenvalue weighted by molar-refractivity contribution is 5.75. The van der Waals surface area contributed by atoms with Gasteiger partial charge in [-0.2, -0.15) is 0 Å². The molecule has 19 heavy (non-hydrogen) atoms. The predicted octanol–water partition coefficient (Wildman–Crippen LogP) is 0.750. The second-order valence-corrected chi connectivity index (χ2v) is 3.80. The van der Waals surface area contributed by atoms with Crippen LogP contribution in [0.4, 0.5) is 0 Å². The van der Waals surface area contributed by atoms with Gasteiger partial charge in [-0.25, -0.2) is 0 Å². The van der Waals surface area contributed by atoms with E-state index in [-0.39, 0.29) is 6.61 Å². The Hall–Kier alpha value is -2.19. The highest BCUT2D eigenvalue weighted by atomic mass is 16.5. The second-order valence-electron chi connectivity index (χ2n) is 3.80. The van der Waals surface area contributed by atoms with Gasteiger partial charge in [0.2, 0.25) is 0 Å². The molecule has 1 rings (SSSR count). The van der Waals surface area contributed by atoms with Crippen molar-refractivity contribution in [2.75, 3.05) is 20.8 Å². The molecule has 0 aliphatic heterocycles. The number of esters is 1. The third-order valence-electron chi connectivity index (χ3n) is 2.52. The van der Waals surface area contributed by atoms with E-state index in [2.05, 4.69) is 10.7 Å². The molecule has 1 aromatic carbocycles. The summed E-state index contributed by atoms with van der Waals surface area (Å²) in [7, 11) is 2.84. The van der Waals surface area contributed by atoms with Crippen molar-refractivity contribution >= 4 is 5.97 Å². The Bertz CT molecular complexity index is 479. The van der Waals surface area contributed by atoms with Crippen molar-refractivity contribution in [2.24, 2.45) is 5.73 Å². The highest BCUT2D eigenvalue weighted by Gasteiger charge is 2.17. The molecule has 5 heteroatoms. The van der Waals surface area contributed by atoms with Gasteiger partial charge in [-0.05, 0) is 11.6 Å². The van der Waals surface area contributed by atoms with E-state index >= 15 is 0 Å². The summed E-state index contributed by atoms with van der Waals surface area (Å²) >= 11 is 0. The van der Waals surface area contributed by atoms with Crippen LogP contribution in [0.1, 0.15) is 5.56 Å². The van der Waals surface area contributed by atoms with Crippen LogP contribution in [0.3, 0.4) is 0 Å². The zero-order chi connectivity index (χ0) is 14.3. The normalized spacial score (nSPS) is 11.3. The third kappa shape index (κ3) is 4.19. The van der Waals surface area contributed by atoms with Crippen LogP contribution in [-0.4, -0.2) is 32.8 Å². The van der Waals surface area contributed by atoms with Gasteiger partial charge < -0.3 is 19.9 Å². The molecule has 0 aromatic heterocycles. The summed E-state index contributed by atoms with van der Waals surface area (Å²) in [5.41, 5.74) is 6.51. The topological polar surface area (TPSA) is 70.8 Å². The van der Waals surface area contributed by atoms with Crippen LogP contribution in [0.25, 0.3) is 0 Å². The number of hydrogen-bond donors (Lipinski definition) is 1. The lowest BCUT2D eigenvalue weighted by molar-refractivity contribution is -0.142. The minimum absolute atomic E-state index is 0.185. The van der Waals surface area contributed by atoms with Crippen LogP contribution in [0.2, 0.25) is 0 Å². The number of rotatable bonds is 6. The van der Waals surface area contributed by atoms with E-state index in [4.69, 9.17) is 21.6 Å². The molecule has 102 valence electrons. The van der Waals surface area contributed by atoms with Crippen LogP contribution in [0, 0.1) is 12.3 Å². The Morgan fingerprint density at radius 1 is 1.47 bits per heavy atom. The maximum Gasteiger partial charge on any atom is 0.322 e. The number of ether oxygens (including phenoxy) is 3. The van der Waals surface area contributed by atoms with Crippen molar-refractivity contribution in [3.63, 3.8) is 0 Å². The molecule has 1 atom stereocenters. The Morgan fingerprint density at radius 3 is 2.79 bits per heavy atom. The first-order valence-electron chi connectivity index (χ1n) is 5.69. The molecule has 0 spiro atoms. The summed E-state index contributed by atoms with van der Waals surface area (Å²) < 4.78 is 15.1. The van der Waals surface area contributed by atoms with Crippen molar-refractivity contribution in [3.8, 4) is 23.8 Å². The van der Waals surface area contributed by atoms with Crippen molar-refractivity contribution in [1.82, 2.24) is 0 Å². The molecule has 0 heterocycles. The lowest BCUT2D eigenvalue weighted by Gasteiger charge is -2.13. The maximum atomic E-state index is 11.3. The molecule has 0 aliphatic rings. The van der Waals surface area contributed by atoms with Gasteiger partial charge in [0.15, 0.2) is 0 Å². The Morgan fingerprint density at radius 2 is 2.21 bits per heavy atom. The van der Waals surface area contributed by atoms with Crippen molar-refractivity contribution in [2.45, 2.75) is 12.5 Å². The number of benzene rings is 1. The van der Waals surface area contributed by atoms with Crippen molar-refractivity contribution in [3.05, 3.63) is 23.8 Å². The minimum Gasteiger partial charge on any atom is -0.496 e. The summed E-state index contributed by atoms with van der Waals surface area (Å²) in [5.74, 6) is 3.11. The predicted molar refractivity (Wildman–Crippen MR) is 71.0 cm³/mol. The summed E-state index contributed by atoms with van der Waals surface area (Å²) in [5, 5.41) is 0. The van der Waals surface area contributed by atoms with Gasteiger partial charge in [0.05, 0.1) is 14.2 Å². The number of terminal acetylenes is 1. The van der Waals surface area contributed by atoms with Crippen molar-refractivity contribution in [1.29, 1.82) is 0 Å². The summed E-state index contributed by atoms with van der Waals surface area (Å²) in [6.07, 6.45) is 5.44. The van der Waals surface area contributed by atoms with Gasteiger partial charge in [-0.3, -0.25) is 4.79 Å². The second kappa shape index (κ2) is 7.29. The Kier molecular flexibility index (Phi) is 5.71. The third-order valence-corrected chi connectivity index (χ3v) is 2.52. The Balaban J connectivity index is 2.84. The van der Waals surface area contributed by atoms with E-state index in [9.17, 15) is 4.79 Å². The van der Waals surface area contributed by atoms with E-state index in [1.54, 1.807) is 18.2 Å². The molecule has 1 aromatic rings. The van der Waals surface area contributed by atoms with Gasteiger partial charge in [-0.1, -0.05) is 12.0 Å². The molecule has 0 unspecified atom stereocenters. The maximum absolute atomic E-state index is 11.3. The van der Waals surface area contributed by atoms with E-state index in [0.29, 0.717) is 17.9 Å². The van der Waals surface area contributed by atoms with Crippen LogP contribution >= 0.6 is 0 Å². The van der Waals surface area contributed by atoms with Gasteiger partial charge in [0, 0.05) is 12.5 Å². The average Bonchev–Trinajstić information content (AvgIpc) is 2.44. The number of carbonyl (C=O) groups excluding carboxylic acids is 1. The fraction of sp³-hybridized carbons (Fsp3) is 0.357. The van der Waals surface area contributed by atoms with Gasteiger partial charge in [-0.15, -0.1) is 6.42 Å². The highest BCUT2D eigenvalue weighted by Crippen LogP contribution is 2.25. The average molecular weight is 263 g/mol. The number of hydrogen-bond acceptors (Lipinski definition) is 5. The van der Waals surface area contributed by atoms with E-state index in [1.807, 2.05) is 0 Å². The molecule has 0 radical (unpaired) electrons. The van der Waals surface area contributed by atoms with Crippen LogP contribution in [0.5, 0.6) is 11.5 Å². The van der Waals surface area contributed by atoms with Gasteiger partial charge in [0.1, 0.15) is 24.1 Å². The summed E-state index contributed by atoms with van der Waals surface area (Å²) in [4.78, 5) is 11.3. The minimum atomic E-state index is -0.726. The monoisotopic (exact) mass is 263 g/mol. The summed E-state index contributed by atoms with van der Waals surface area (Å²) in [6.45, 7) is 0.185. The number of methoxy groups -OCH3 is 2. The molecule has 0 saturated carbocycles. The van der Waals surface area contributed by atoms with Crippen LogP contribution in [-0.2, 0) is 16.0 Å². The smallest absolute Gasteiger partial charge is 0.322 e. The molecular formula is C14H17NO4. The molecule has 5 nitrogen and oxygen atoms in total. The zero-order valence-electron chi connectivity index (χ0n) is 11.0. The van der Waals surface area contributed by atoms with E-state index in [0.717, 1.165) is 5.56 Å². The molecule has 0 fully saturated rings. The van der Waals surface area contributed by atoms with Crippen LogP contribution < -0.4 is 15.2 Å². The Labute approximate surface area is 112 Å². The van der Waals surface area contributed by atoms with E-state index in [1.165, 1.54) is 14.2 Å². The first-order chi connectivity index (χ1) is 9.12. The first kappa shape index (κ1) is 14.9. The largest absolute Gasteiger partial charge is 0.496 e. The number of carbonyl (C=O) groups is 1. The molecular weight excluding hydrogens is 246 g/mol. The standard InChI is InChI=1S/C14H17NO4/c1-4-7-19-11-6-5-10(13(9-11)17-2)8-12(15)14(16)18-3/h1,5-6,9,12H,7-8,15H2,2-3H3/t12-/m0/s1. The number of nitrogens with two attached hydrogens (primary N) is 1.